The molecule has 0 bridgehead atoms. The highest BCUT2D eigenvalue weighted by atomic mass is 35.5. The maximum Gasteiger partial charge on any atom is 0.245 e. The predicted molar refractivity (Wildman–Crippen MR) is 135 cm³/mol. The maximum absolute atomic E-state index is 14.2. The van der Waals surface area contributed by atoms with E-state index in [1.165, 1.54) is 12.0 Å². The van der Waals surface area contributed by atoms with Gasteiger partial charge in [-0.05, 0) is 55.3 Å². The van der Waals surface area contributed by atoms with Crippen LogP contribution in [-0.4, -0.2) is 54.0 Å². The van der Waals surface area contributed by atoms with Crippen LogP contribution in [0.3, 0.4) is 0 Å². The average molecular weight is 497 g/mol. The Labute approximate surface area is 207 Å². The Morgan fingerprint density at radius 1 is 1.14 bits per heavy atom. The molecule has 1 unspecified atom stereocenters. The van der Waals surface area contributed by atoms with Crippen molar-refractivity contribution in [3.05, 3.63) is 64.8 Å². The molecule has 0 aliphatic carbocycles. The number of rotatable bonds is 7. The minimum atomic E-state index is -0.475. The van der Waals surface area contributed by atoms with E-state index in [0.29, 0.717) is 43.1 Å². The third-order valence-corrected chi connectivity index (χ3v) is 6.07. The normalized spacial score (nSPS) is 18.2. The molecule has 3 N–H and O–H groups in total. The van der Waals surface area contributed by atoms with Crippen LogP contribution in [0.4, 0.5) is 27.5 Å². The molecule has 2 aliphatic heterocycles. The Kier molecular flexibility index (Phi) is 7.31. The third kappa shape index (κ3) is 6.02. The molecule has 9 nitrogen and oxygen atoms in total. The van der Waals surface area contributed by atoms with Crippen molar-refractivity contribution in [3.63, 3.8) is 0 Å². The average Bonchev–Trinajstić information content (AvgIpc) is 3.42. The van der Waals surface area contributed by atoms with Gasteiger partial charge in [-0.3, -0.25) is 4.98 Å². The first-order valence-corrected chi connectivity index (χ1v) is 11.9. The number of morpholine rings is 1. The molecule has 1 aromatic carbocycles. The van der Waals surface area contributed by atoms with E-state index >= 15 is 0 Å². The van der Waals surface area contributed by atoms with Gasteiger partial charge < -0.3 is 20.3 Å². The second-order valence-corrected chi connectivity index (χ2v) is 8.79. The van der Waals surface area contributed by atoms with Crippen LogP contribution in [0.5, 0.6) is 0 Å². The number of pyridine rings is 1. The molecular weight excluding hydrogens is 471 g/mol. The molecule has 0 spiro atoms. The Morgan fingerprint density at radius 3 is 2.80 bits per heavy atom. The zero-order chi connectivity index (χ0) is 24.0. The van der Waals surface area contributed by atoms with Crippen LogP contribution in [0.1, 0.15) is 30.1 Å². The SMILES string of the molecule is Fc1cnc(N/N=C/c2ccc(Nc3cc(Cl)cc(C4CCCN4)c3)cn2)nc1N1CCOCC1. The van der Waals surface area contributed by atoms with Crippen LogP contribution < -0.4 is 21.0 Å². The smallest absolute Gasteiger partial charge is 0.245 e. The largest absolute Gasteiger partial charge is 0.378 e. The number of nitrogens with one attached hydrogen (secondary N) is 3. The lowest BCUT2D eigenvalue weighted by Gasteiger charge is -2.27. The van der Waals surface area contributed by atoms with E-state index in [2.05, 4.69) is 42.2 Å². The van der Waals surface area contributed by atoms with Gasteiger partial charge in [0.15, 0.2) is 11.6 Å². The number of nitrogens with zero attached hydrogens (tertiary/aromatic N) is 5. The summed E-state index contributed by atoms with van der Waals surface area (Å²) in [5.74, 6) is -0.0316. The topological polar surface area (TPSA) is 99.6 Å². The Hall–Kier alpha value is -3.34. The number of hydrazone groups is 1. The summed E-state index contributed by atoms with van der Waals surface area (Å²) in [6.07, 6.45) is 6.69. The second kappa shape index (κ2) is 10.9. The van der Waals surface area contributed by atoms with Crippen LogP contribution >= 0.6 is 11.6 Å². The van der Waals surface area contributed by atoms with Gasteiger partial charge in [-0.2, -0.15) is 10.1 Å². The summed E-state index contributed by atoms with van der Waals surface area (Å²) in [6, 6.07) is 10.1. The fourth-order valence-electron chi connectivity index (χ4n) is 4.14. The van der Waals surface area contributed by atoms with E-state index in [1.807, 2.05) is 29.2 Å². The molecule has 1 atom stereocenters. The van der Waals surface area contributed by atoms with Gasteiger partial charge >= 0.3 is 0 Å². The number of ether oxygens (including phenoxy) is 1. The molecule has 3 aromatic rings. The van der Waals surface area contributed by atoms with Crippen molar-refractivity contribution in [2.24, 2.45) is 5.10 Å². The molecule has 5 rings (SSSR count). The van der Waals surface area contributed by atoms with E-state index < -0.39 is 5.82 Å². The monoisotopic (exact) mass is 496 g/mol. The van der Waals surface area contributed by atoms with Gasteiger partial charge in [0, 0.05) is 29.8 Å². The quantitative estimate of drug-likeness (QED) is 0.332. The predicted octanol–water partition coefficient (Wildman–Crippen LogP) is 4.11. The fourth-order valence-corrected chi connectivity index (χ4v) is 4.39. The molecule has 182 valence electrons. The molecule has 2 fully saturated rings. The summed E-state index contributed by atoms with van der Waals surface area (Å²) in [5, 5.41) is 11.7. The van der Waals surface area contributed by atoms with Gasteiger partial charge in [0.05, 0.1) is 43.2 Å². The second-order valence-electron chi connectivity index (χ2n) is 8.35. The van der Waals surface area contributed by atoms with E-state index in [4.69, 9.17) is 16.3 Å². The van der Waals surface area contributed by atoms with E-state index in [-0.39, 0.29) is 11.8 Å². The number of benzene rings is 1. The van der Waals surface area contributed by atoms with Crippen LogP contribution in [0, 0.1) is 5.82 Å². The number of hydrogen-bond donors (Lipinski definition) is 3. The van der Waals surface area contributed by atoms with Crippen LogP contribution in [-0.2, 0) is 4.74 Å². The minimum Gasteiger partial charge on any atom is -0.378 e. The van der Waals surface area contributed by atoms with Crippen molar-refractivity contribution >= 4 is 41.0 Å². The van der Waals surface area contributed by atoms with Gasteiger partial charge in [0.2, 0.25) is 5.95 Å². The van der Waals surface area contributed by atoms with E-state index in [0.717, 1.165) is 30.5 Å². The van der Waals surface area contributed by atoms with Gasteiger partial charge in [-0.1, -0.05) is 11.6 Å². The molecule has 11 heteroatoms. The number of hydrogen-bond acceptors (Lipinski definition) is 9. The van der Waals surface area contributed by atoms with Crippen molar-refractivity contribution in [1.82, 2.24) is 20.3 Å². The lowest BCUT2D eigenvalue weighted by molar-refractivity contribution is 0.122. The van der Waals surface area contributed by atoms with Crippen LogP contribution in [0.15, 0.2) is 47.8 Å². The van der Waals surface area contributed by atoms with Gasteiger partial charge in [0.25, 0.3) is 0 Å². The van der Waals surface area contributed by atoms with E-state index in [1.54, 1.807) is 12.4 Å². The molecule has 4 heterocycles. The first-order chi connectivity index (χ1) is 17.1. The number of anilines is 4. The lowest BCUT2D eigenvalue weighted by atomic mass is 10.0. The van der Waals surface area contributed by atoms with Crippen molar-refractivity contribution < 1.29 is 9.13 Å². The first kappa shape index (κ1) is 23.4. The maximum atomic E-state index is 14.2. The third-order valence-electron chi connectivity index (χ3n) is 5.86. The molecule has 0 radical (unpaired) electrons. The molecule has 0 saturated carbocycles. The van der Waals surface area contributed by atoms with Crippen LogP contribution in [0.25, 0.3) is 0 Å². The van der Waals surface area contributed by atoms with E-state index in [9.17, 15) is 4.39 Å². The summed E-state index contributed by atoms with van der Waals surface area (Å²) in [7, 11) is 0. The summed E-state index contributed by atoms with van der Waals surface area (Å²) in [5.41, 5.74) is 6.31. The lowest BCUT2D eigenvalue weighted by Crippen LogP contribution is -2.37. The van der Waals surface area contributed by atoms with Crippen molar-refractivity contribution in [1.29, 1.82) is 0 Å². The number of aromatic nitrogens is 3. The zero-order valence-electron chi connectivity index (χ0n) is 19.0. The summed E-state index contributed by atoms with van der Waals surface area (Å²) in [4.78, 5) is 14.4. The van der Waals surface area contributed by atoms with Crippen molar-refractivity contribution in [2.75, 3.05) is 48.5 Å². The first-order valence-electron chi connectivity index (χ1n) is 11.6. The molecule has 2 aliphatic rings. The highest BCUT2D eigenvalue weighted by Crippen LogP contribution is 2.29. The van der Waals surface area contributed by atoms with Gasteiger partial charge in [-0.25, -0.2) is 14.8 Å². The highest BCUT2D eigenvalue weighted by molar-refractivity contribution is 6.31. The van der Waals surface area contributed by atoms with Gasteiger partial charge in [-0.15, -0.1) is 0 Å². The van der Waals surface area contributed by atoms with Crippen molar-refractivity contribution in [3.8, 4) is 0 Å². The fraction of sp³-hybridized carbons (Fsp3) is 0.333. The van der Waals surface area contributed by atoms with Gasteiger partial charge in [0.1, 0.15) is 0 Å². The summed E-state index contributed by atoms with van der Waals surface area (Å²) >= 11 is 6.34. The molecule has 35 heavy (non-hydrogen) atoms. The molecular formula is C24H26ClFN8O. The Morgan fingerprint density at radius 2 is 2.03 bits per heavy atom. The zero-order valence-corrected chi connectivity index (χ0v) is 19.8. The molecule has 2 saturated heterocycles. The molecule has 0 amide bonds. The molecule has 2 aromatic heterocycles. The number of halogens is 2. The van der Waals surface area contributed by atoms with Crippen molar-refractivity contribution in [2.45, 2.75) is 18.9 Å². The van der Waals surface area contributed by atoms with Crippen LogP contribution in [0.2, 0.25) is 5.02 Å². The minimum absolute atomic E-state index is 0.205. The standard InChI is InChI=1S/C24H26ClFN8O/c25-17-10-16(22-2-1-5-27-22)11-20(12-17)31-19-4-3-18(28-13-19)14-30-33-24-29-15-21(26)23(32-24)34-6-8-35-9-7-34/h3-4,10-15,22,27,31H,1-2,5-9H2,(H,29,32,33)/b30-14+. The highest BCUT2D eigenvalue weighted by Gasteiger charge is 2.18. The Balaban J connectivity index is 1.20. The Bertz CT molecular complexity index is 1180. The summed E-state index contributed by atoms with van der Waals surface area (Å²) < 4.78 is 19.5. The summed E-state index contributed by atoms with van der Waals surface area (Å²) in [6.45, 7) is 3.27.